The number of aliphatic carboxylic acids is 1. The summed E-state index contributed by atoms with van der Waals surface area (Å²) >= 11 is 1.46. The summed E-state index contributed by atoms with van der Waals surface area (Å²) in [5.74, 6) is -0.933. The van der Waals surface area contributed by atoms with Gasteiger partial charge in [0.05, 0.1) is 0 Å². The lowest BCUT2D eigenvalue weighted by molar-refractivity contribution is -0.138. The van der Waals surface area contributed by atoms with Crippen LogP contribution in [0.3, 0.4) is 0 Å². The molecule has 0 rings (SSSR count). The van der Waals surface area contributed by atoms with Crippen molar-refractivity contribution in [1.82, 2.24) is 0 Å². The van der Waals surface area contributed by atoms with E-state index in [9.17, 15) is 4.79 Å². The number of thioether (sulfide) groups is 1. The van der Waals surface area contributed by atoms with Crippen LogP contribution in [0.2, 0.25) is 0 Å². The molecule has 9 heavy (non-hydrogen) atoms. The van der Waals surface area contributed by atoms with Crippen molar-refractivity contribution >= 4 is 17.7 Å². The molecule has 0 aliphatic carbocycles. The van der Waals surface area contributed by atoms with Gasteiger partial charge in [0.1, 0.15) is 6.04 Å². The van der Waals surface area contributed by atoms with E-state index in [0.717, 1.165) is 0 Å². The molecule has 0 aromatic rings. The number of rotatable bonds is 3. The first-order chi connectivity index (χ1) is 4.09. The molecule has 0 aliphatic heterocycles. The molecule has 0 spiro atoms. The molecule has 0 heterocycles. The topological polar surface area (TPSA) is 63.3 Å². The molecule has 0 bridgehead atoms. The predicted octanol–water partition coefficient (Wildman–Crippen LogP) is 0.150. The summed E-state index contributed by atoms with van der Waals surface area (Å²) in [5.41, 5.74) is 5.25. The van der Waals surface area contributed by atoms with Crippen molar-refractivity contribution in [2.24, 2.45) is 5.73 Å². The Kier molecular flexibility index (Phi) is 3.65. The molecule has 3 N–H and O–H groups in total. The van der Waals surface area contributed by atoms with Gasteiger partial charge in [-0.05, 0) is 6.26 Å². The van der Waals surface area contributed by atoms with Crippen molar-refractivity contribution in [3.8, 4) is 0 Å². The lowest BCUT2D eigenvalue weighted by Crippen LogP contribution is -2.38. The van der Waals surface area contributed by atoms with Gasteiger partial charge >= 0.3 is 5.97 Å². The highest BCUT2D eigenvalue weighted by Crippen LogP contribution is 2.07. The molecule has 0 amide bonds. The van der Waals surface area contributed by atoms with Gasteiger partial charge in [0, 0.05) is 5.25 Å². The van der Waals surface area contributed by atoms with E-state index in [4.69, 9.17) is 10.8 Å². The summed E-state index contributed by atoms with van der Waals surface area (Å²) < 4.78 is 0. The molecule has 0 fully saturated rings. The van der Waals surface area contributed by atoms with E-state index in [1.54, 1.807) is 6.92 Å². The van der Waals surface area contributed by atoms with Gasteiger partial charge in [0.25, 0.3) is 0 Å². The van der Waals surface area contributed by atoms with Gasteiger partial charge in [-0.15, -0.1) is 0 Å². The lowest BCUT2D eigenvalue weighted by Gasteiger charge is -2.11. The van der Waals surface area contributed by atoms with Crippen molar-refractivity contribution in [2.45, 2.75) is 18.2 Å². The molecule has 4 heteroatoms. The van der Waals surface area contributed by atoms with E-state index in [2.05, 4.69) is 0 Å². The minimum absolute atomic E-state index is 0.0116. The van der Waals surface area contributed by atoms with Gasteiger partial charge in [-0.2, -0.15) is 11.8 Å². The molecule has 0 aliphatic rings. The molecule has 54 valence electrons. The zero-order valence-corrected chi connectivity index (χ0v) is 6.31. The average Bonchev–Trinajstić information content (AvgIpc) is 1.84. The molecule has 0 saturated heterocycles. The first-order valence-electron chi connectivity index (χ1n) is 2.60. The largest absolute Gasteiger partial charge is 0.480 e. The van der Waals surface area contributed by atoms with E-state index in [0.29, 0.717) is 0 Å². The van der Waals surface area contributed by atoms with Gasteiger partial charge in [-0.25, -0.2) is 0 Å². The zero-order valence-electron chi connectivity index (χ0n) is 5.50. The lowest BCUT2D eigenvalue weighted by atomic mass is 10.2. The maximum atomic E-state index is 10.2. The van der Waals surface area contributed by atoms with Crippen LogP contribution < -0.4 is 5.73 Å². The third kappa shape index (κ3) is 2.72. The van der Waals surface area contributed by atoms with E-state index < -0.39 is 12.0 Å². The number of carbonyl (C=O) groups is 1. The third-order valence-electron chi connectivity index (χ3n) is 1.16. The van der Waals surface area contributed by atoms with Crippen LogP contribution in [0.5, 0.6) is 0 Å². The van der Waals surface area contributed by atoms with Crippen LogP contribution in [-0.2, 0) is 4.79 Å². The smallest absolute Gasteiger partial charge is 0.321 e. The minimum Gasteiger partial charge on any atom is -0.480 e. The molecule has 0 aromatic carbocycles. The second-order valence-electron chi connectivity index (χ2n) is 1.80. The maximum absolute atomic E-state index is 10.2. The standard InChI is InChI=1S/C5H11NO2S/c1-3(9-2)4(6)5(7)8/h3-4H,6H2,1-2H3,(H,7,8)/t3?,4-/m0/s1. The van der Waals surface area contributed by atoms with Crippen molar-refractivity contribution < 1.29 is 9.90 Å². The molecule has 1 unspecified atom stereocenters. The van der Waals surface area contributed by atoms with Crippen molar-refractivity contribution in [1.29, 1.82) is 0 Å². The molecule has 0 aromatic heterocycles. The molecular formula is C5H11NO2S. The maximum Gasteiger partial charge on any atom is 0.321 e. The Morgan fingerprint density at radius 3 is 2.33 bits per heavy atom. The first-order valence-corrected chi connectivity index (χ1v) is 3.89. The first kappa shape index (κ1) is 8.78. The van der Waals surface area contributed by atoms with Crippen molar-refractivity contribution in [3.05, 3.63) is 0 Å². The number of carboxylic acid groups (broad SMARTS) is 1. The Labute approximate surface area is 58.6 Å². The summed E-state index contributed by atoms with van der Waals surface area (Å²) in [6, 6.07) is -0.736. The van der Waals surface area contributed by atoms with Gasteiger partial charge < -0.3 is 10.8 Å². The third-order valence-corrected chi connectivity index (χ3v) is 2.20. The number of carboxylic acids is 1. The van der Waals surface area contributed by atoms with E-state index in [1.807, 2.05) is 6.26 Å². The fourth-order valence-electron chi connectivity index (χ4n) is 0.347. The fraction of sp³-hybridized carbons (Fsp3) is 0.800. The zero-order chi connectivity index (χ0) is 7.44. The number of hydrogen-bond donors (Lipinski definition) is 2. The predicted molar refractivity (Wildman–Crippen MR) is 38.6 cm³/mol. The second-order valence-corrected chi connectivity index (χ2v) is 3.02. The number of nitrogens with two attached hydrogens (primary N) is 1. The average molecular weight is 149 g/mol. The highest BCUT2D eigenvalue weighted by atomic mass is 32.2. The highest BCUT2D eigenvalue weighted by Gasteiger charge is 2.17. The molecule has 3 nitrogen and oxygen atoms in total. The normalized spacial score (nSPS) is 16.8. The Balaban J connectivity index is 3.72. The summed E-state index contributed by atoms with van der Waals surface area (Å²) in [6.45, 7) is 1.80. The molecule has 0 radical (unpaired) electrons. The van der Waals surface area contributed by atoms with Crippen molar-refractivity contribution in [3.63, 3.8) is 0 Å². The van der Waals surface area contributed by atoms with Crippen LogP contribution in [0.4, 0.5) is 0 Å². The van der Waals surface area contributed by atoms with E-state index >= 15 is 0 Å². The summed E-state index contributed by atoms with van der Waals surface area (Å²) in [4.78, 5) is 10.2. The van der Waals surface area contributed by atoms with Crippen LogP contribution in [0, 0.1) is 0 Å². The molecule has 0 saturated carbocycles. The Hall–Kier alpha value is -0.220. The van der Waals surface area contributed by atoms with Crippen LogP contribution in [0.25, 0.3) is 0 Å². The summed E-state index contributed by atoms with van der Waals surface area (Å²) in [6.07, 6.45) is 1.84. The Bertz CT molecular complexity index is 107. The van der Waals surface area contributed by atoms with Crippen molar-refractivity contribution in [2.75, 3.05) is 6.26 Å². The van der Waals surface area contributed by atoms with Crippen LogP contribution in [0.1, 0.15) is 6.92 Å². The van der Waals surface area contributed by atoms with E-state index in [-0.39, 0.29) is 5.25 Å². The van der Waals surface area contributed by atoms with E-state index in [1.165, 1.54) is 11.8 Å². The summed E-state index contributed by atoms with van der Waals surface area (Å²) in [7, 11) is 0. The Morgan fingerprint density at radius 1 is 1.78 bits per heavy atom. The molecule has 2 atom stereocenters. The quantitative estimate of drug-likeness (QED) is 0.599. The van der Waals surface area contributed by atoms with Crippen LogP contribution in [0.15, 0.2) is 0 Å². The second kappa shape index (κ2) is 3.74. The van der Waals surface area contributed by atoms with Crippen LogP contribution in [-0.4, -0.2) is 28.6 Å². The summed E-state index contributed by atoms with van der Waals surface area (Å²) in [5, 5.41) is 8.33. The van der Waals surface area contributed by atoms with Gasteiger partial charge in [0.2, 0.25) is 0 Å². The SMILES string of the molecule is CSC(C)[C@H](N)C(=O)O. The molecular weight excluding hydrogens is 138 g/mol. The van der Waals surface area contributed by atoms with Crippen LogP contribution >= 0.6 is 11.8 Å². The number of hydrogen-bond acceptors (Lipinski definition) is 3. The van der Waals surface area contributed by atoms with Gasteiger partial charge in [-0.3, -0.25) is 4.79 Å². The monoisotopic (exact) mass is 149 g/mol. The Morgan fingerprint density at radius 2 is 2.22 bits per heavy atom. The van der Waals surface area contributed by atoms with Gasteiger partial charge in [0.15, 0.2) is 0 Å². The minimum atomic E-state index is -0.933. The van der Waals surface area contributed by atoms with Gasteiger partial charge in [-0.1, -0.05) is 6.92 Å². The fourth-order valence-corrected chi connectivity index (χ4v) is 0.757. The highest BCUT2D eigenvalue weighted by molar-refractivity contribution is 7.99.